The average molecular weight is 536 g/mol. The van der Waals surface area contributed by atoms with Crippen molar-refractivity contribution in [3.05, 3.63) is 89.0 Å². The molecule has 1 aliphatic heterocycles. The molecule has 0 bridgehead atoms. The Labute approximate surface area is 226 Å². The number of nitrogens with one attached hydrogen (secondary N) is 1. The highest BCUT2D eigenvalue weighted by molar-refractivity contribution is 7.92. The molecule has 1 amide bonds. The number of amides is 1. The number of anilines is 1. The molecule has 4 rings (SSSR count). The van der Waals surface area contributed by atoms with Crippen LogP contribution in [0.3, 0.4) is 0 Å². The molecule has 1 fully saturated rings. The van der Waals surface area contributed by atoms with Crippen LogP contribution in [-0.2, 0) is 27.9 Å². The van der Waals surface area contributed by atoms with E-state index >= 15 is 0 Å². The summed E-state index contributed by atoms with van der Waals surface area (Å²) in [6, 6.07) is 20.0. The largest absolute Gasteiger partial charge is 0.495 e. The number of rotatable bonds is 10. The predicted molar refractivity (Wildman–Crippen MR) is 151 cm³/mol. The molecule has 0 atom stereocenters. The van der Waals surface area contributed by atoms with E-state index in [4.69, 9.17) is 4.74 Å². The van der Waals surface area contributed by atoms with Crippen molar-refractivity contribution in [3.8, 4) is 5.75 Å². The Kier molecular flexibility index (Phi) is 9.07. The Morgan fingerprint density at radius 3 is 2.26 bits per heavy atom. The Morgan fingerprint density at radius 1 is 0.921 bits per heavy atom. The summed E-state index contributed by atoms with van der Waals surface area (Å²) in [5.74, 6) is -0.0111. The van der Waals surface area contributed by atoms with Gasteiger partial charge in [-0.2, -0.15) is 0 Å². The molecule has 7 nitrogen and oxygen atoms in total. The van der Waals surface area contributed by atoms with E-state index in [0.717, 1.165) is 40.6 Å². The van der Waals surface area contributed by atoms with E-state index in [9.17, 15) is 13.2 Å². The van der Waals surface area contributed by atoms with Crippen LogP contribution in [0.4, 0.5) is 5.69 Å². The topological polar surface area (TPSA) is 79.0 Å². The van der Waals surface area contributed by atoms with Gasteiger partial charge in [-0.3, -0.25) is 14.0 Å². The lowest BCUT2D eigenvalue weighted by atomic mass is 10.0. The molecular weight excluding hydrogens is 498 g/mol. The SMILES string of the molecule is COc1ccc(C)cc1N(CC(=O)NCc1ccccc1CN1CCCCC1)S(=O)(=O)c1ccc(C)cc1. The first kappa shape index (κ1) is 27.7. The molecule has 0 radical (unpaired) electrons. The van der Waals surface area contributed by atoms with Crippen molar-refractivity contribution < 1.29 is 17.9 Å². The summed E-state index contributed by atoms with van der Waals surface area (Å²) in [6.45, 7) is 6.75. The average Bonchev–Trinajstić information content (AvgIpc) is 2.92. The fraction of sp³-hybridized carbons (Fsp3) is 0.367. The van der Waals surface area contributed by atoms with E-state index in [1.54, 1.807) is 36.4 Å². The van der Waals surface area contributed by atoms with E-state index in [2.05, 4.69) is 16.3 Å². The molecule has 38 heavy (non-hydrogen) atoms. The number of carbonyl (C=O) groups is 1. The summed E-state index contributed by atoms with van der Waals surface area (Å²) in [5.41, 5.74) is 4.35. The minimum atomic E-state index is -4.04. The first-order valence-electron chi connectivity index (χ1n) is 13.1. The number of benzene rings is 3. The van der Waals surface area contributed by atoms with Gasteiger partial charge in [0.1, 0.15) is 12.3 Å². The Hall–Kier alpha value is -3.36. The van der Waals surface area contributed by atoms with Crippen molar-refractivity contribution in [1.82, 2.24) is 10.2 Å². The summed E-state index contributed by atoms with van der Waals surface area (Å²) in [5, 5.41) is 2.96. The third kappa shape index (κ3) is 6.74. The molecule has 1 aliphatic rings. The number of hydrogen-bond donors (Lipinski definition) is 1. The zero-order chi connectivity index (χ0) is 27.1. The number of ether oxygens (including phenoxy) is 1. The van der Waals surface area contributed by atoms with Gasteiger partial charge in [0.05, 0.1) is 17.7 Å². The number of methoxy groups -OCH3 is 1. The third-order valence-corrected chi connectivity index (χ3v) is 8.71. The van der Waals surface area contributed by atoms with Gasteiger partial charge < -0.3 is 10.1 Å². The Bertz CT molecular complexity index is 1350. The monoisotopic (exact) mass is 535 g/mol. The maximum absolute atomic E-state index is 13.8. The molecule has 0 spiro atoms. The van der Waals surface area contributed by atoms with Crippen LogP contribution >= 0.6 is 0 Å². The molecule has 1 heterocycles. The van der Waals surface area contributed by atoms with Crippen molar-refractivity contribution in [1.29, 1.82) is 0 Å². The van der Waals surface area contributed by atoms with Crippen LogP contribution in [0.1, 0.15) is 41.5 Å². The molecule has 202 valence electrons. The summed E-state index contributed by atoms with van der Waals surface area (Å²) >= 11 is 0. The van der Waals surface area contributed by atoms with E-state index in [-0.39, 0.29) is 11.4 Å². The molecule has 8 heteroatoms. The zero-order valence-corrected chi connectivity index (χ0v) is 23.3. The second-order valence-corrected chi connectivity index (χ2v) is 11.7. The summed E-state index contributed by atoms with van der Waals surface area (Å²) in [6.07, 6.45) is 3.71. The lowest BCUT2D eigenvalue weighted by molar-refractivity contribution is -0.119. The minimum absolute atomic E-state index is 0.117. The highest BCUT2D eigenvalue weighted by Gasteiger charge is 2.29. The van der Waals surface area contributed by atoms with Gasteiger partial charge in [0.25, 0.3) is 10.0 Å². The first-order chi connectivity index (χ1) is 18.3. The summed E-state index contributed by atoms with van der Waals surface area (Å²) in [7, 11) is -2.55. The van der Waals surface area contributed by atoms with Crippen LogP contribution in [-0.4, -0.2) is 46.0 Å². The molecule has 3 aromatic rings. The van der Waals surface area contributed by atoms with Crippen molar-refractivity contribution in [3.63, 3.8) is 0 Å². The van der Waals surface area contributed by atoms with Gasteiger partial charge in [0.15, 0.2) is 0 Å². The molecule has 1 saturated heterocycles. The molecule has 1 N–H and O–H groups in total. The Balaban J connectivity index is 1.56. The lowest BCUT2D eigenvalue weighted by Crippen LogP contribution is -2.41. The fourth-order valence-electron chi connectivity index (χ4n) is 4.75. The lowest BCUT2D eigenvalue weighted by Gasteiger charge is -2.27. The number of aryl methyl sites for hydroxylation is 2. The number of carbonyl (C=O) groups excluding carboxylic acids is 1. The molecule has 0 unspecified atom stereocenters. The molecule has 0 aliphatic carbocycles. The van der Waals surface area contributed by atoms with Crippen LogP contribution < -0.4 is 14.4 Å². The predicted octanol–water partition coefficient (Wildman–Crippen LogP) is 4.81. The van der Waals surface area contributed by atoms with Gasteiger partial charge in [-0.15, -0.1) is 0 Å². The van der Waals surface area contributed by atoms with E-state index in [1.807, 2.05) is 38.1 Å². The Morgan fingerprint density at radius 2 is 1.58 bits per heavy atom. The van der Waals surface area contributed by atoms with Crippen molar-refractivity contribution in [2.24, 2.45) is 0 Å². The third-order valence-electron chi connectivity index (χ3n) is 6.94. The van der Waals surface area contributed by atoms with E-state index in [1.165, 1.54) is 31.9 Å². The quantitative estimate of drug-likeness (QED) is 0.403. The van der Waals surface area contributed by atoms with Crippen LogP contribution in [0.25, 0.3) is 0 Å². The highest BCUT2D eigenvalue weighted by atomic mass is 32.2. The summed E-state index contributed by atoms with van der Waals surface area (Å²) < 4.78 is 34.2. The number of nitrogens with zero attached hydrogens (tertiary/aromatic N) is 2. The molecule has 3 aromatic carbocycles. The van der Waals surface area contributed by atoms with Gasteiger partial charge in [-0.25, -0.2) is 8.42 Å². The number of sulfonamides is 1. The van der Waals surface area contributed by atoms with Gasteiger partial charge in [-0.05, 0) is 80.7 Å². The molecule has 0 aromatic heterocycles. The number of piperidine rings is 1. The highest BCUT2D eigenvalue weighted by Crippen LogP contribution is 2.33. The fourth-order valence-corrected chi connectivity index (χ4v) is 6.18. The smallest absolute Gasteiger partial charge is 0.264 e. The summed E-state index contributed by atoms with van der Waals surface area (Å²) in [4.78, 5) is 15.8. The van der Waals surface area contributed by atoms with Crippen LogP contribution in [0.2, 0.25) is 0 Å². The van der Waals surface area contributed by atoms with Crippen molar-refractivity contribution in [2.75, 3.05) is 31.0 Å². The second-order valence-electron chi connectivity index (χ2n) is 9.88. The molecular formula is C30H37N3O4S. The minimum Gasteiger partial charge on any atom is -0.495 e. The van der Waals surface area contributed by atoms with Crippen LogP contribution in [0.5, 0.6) is 5.75 Å². The van der Waals surface area contributed by atoms with Crippen molar-refractivity contribution in [2.45, 2.75) is 51.1 Å². The first-order valence-corrected chi connectivity index (χ1v) is 14.5. The zero-order valence-electron chi connectivity index (χ0n) is 22.4. The standard InChI is InChI=1S/C30H37N3O4S/c1-23-11-14-27(15-12-23)38(35,36)33(28-19-24(2)13-16-29(28)37-3)22-30(34)31-20-25-9-5-6-10-26(25)21-32-17-7-4-8-18-32/h5-6,9-16,19H,4,7-8,17-18,20-22H2,1-3H3,(H,31,34). The maximum Gasteiger partial charge on any atom is 0.264 e. The van der Waals surface area contributed by atoms with Gasteiger partial charge in [-0.1, -0.05) is 54.4 Å². The van der Waals surface area contributed by atoms with Gasteiger partial charge in [0.2, 0.25) is 5.91 Å². The van der Waals surface area contributed by atoms with E-state index < -0.39 is 15.9 Å². The molecule has 0 saturated carbocycles. The number of likely N-dealkylation sites (tertiary alicyclic amines) is 1. The van der Waals surface area contributed by atoms with Crippen LogP contribution in [0.15, 0.2) is 71.6 Å². The van der Waals surface area contributed by atoms with Crippen LogP contribution in [0, 0.1) is 13.8 Å². The van der Waals surface area contributed by atoms with Gasteiger partial charge in [0, 0.05) is 13.1 Å². The van der Waals surface area contributed by atoms with E-state index in [0.29, 0.717) is 18.0 Å². The van der Waals surface area contributed by atoms with Gasteiger partial charge >= 0.3 is 0 Å². The van der Waals surface area contributed by atoms with Crippen molar-refractivity contribution >= 4 is 21.6 Å². The normalized spacial score (nSPS) is 14.2. The maximum atomic E-state index is 13.8. The number of hydrogen-bond acceptors (Lipinski definition) is 5. The second kappa shape index (κ2) is 12.5.